The van der Waals surface area contributed by atoms with Crippen molar-refractivity contribution in [1.82, 2.24) is 19.9 Å². The summed E-state index contributed by atoms with van der Waals surface area (Å²) in [4.78, 5) is 20.2. The van der Waals surface area contributed by atoms with Gasteiger partial charge in [0.25, 0.3) is 0 Å². The van der Waals surface area contributed by atoms with Crippen molar-refractivity contribution in [1.29, 1.82) is 0 Å². The lowest BCUT2D eigenvalue weighted by Crippen LogP contribution is -1.99. The van der Waals surface area contributed by atoms with Crippen LogP contribution in [0.25, 0.3) is 88.1 Å². The van der Waals surface area contributed by atoms with Crippen LogP contribution in [-0.2, 0) is 25.7 Å². The summed E-state index contributed by atoms with van der Waals surface area (Å²) in [5.74, 6) is 0. The smallest absolute Gasteiger partial charge is 0.0780 e. The fourth-order valence-electron chi connectivity index (χ4n) is 8.15. The van der Waals surface area contributed by atoms with Crippen LogP contribution in [0, 0.1) is 0 Å². The van der Waals surface area contributed by atoms with Crippen LogP contribution in [0.1, 0.15) is 49.9 Å². The van der Waals surface area contributed by atoms with Crippen molar-refractivity contribution in [3.8, 4) is 44.5 Å². The first kappa shape index (κ1) is 33.6. The molecule has 4 aromatic heterocycles. The molecule has 0 spiro atoms. The second-order valence-corrected chi connectivity index (χ2v) is 14.2. The molecule has 4 nitrogen and oxygen atoms in total. The maximum atomic E-state index is 5.05. The zero-order valence-electron chi connectivity index (χ0n) is 31.3. The largest absolute Gasteiger partial charge is 0.256 e. The first-order chi connectivity index (χ1) is 26.6. The maximum Gasteiger partial charge on any atom is 0.0780 e. The molecule has 9 aromatic rings. The fourth-order valence-corrected chi connectivity index (χ4v) is 8.15. The Morgan fingerprint density at radius 3 is 0.759 bits per heavy atom. The van der Waals surface area contributed by atoms with Crippen LogP contribution in [0.5, 0.6) is 0 Å². The monoisotopic (exact) mass is 698 g/mol. The predicted octanol–water partition coefficient (Wildman–Crippen LogP) is 12.8. The lowest BCUT2D eigenvalue weighted by Gasteiger charge is -2.22. The minimum absolute atomic E-state index is 0.919. The fraction of sp³-hybridized carbons (Fsp3) is 0.160. The molecular formula is C50H42N4. The quantitative estimate of drug-likeness (QED) is 0.158. The standard InChI is InChI=1S/C50H42N4/c1-5-31-21-35-13-9-17-51-47(35)43(25-31)39-29-41(45-27-33(7-3)23-37-15-11-19-53-49(37)45)42(46-28-34(8-4)24-38-16-12-20-54-50(38)46)30-40(39)44-26-32(6-2)22-36-14-10-18-52-48(36)44/h9-30H,5-8H2,1-4H3. The van der Waals surface area contributed by atoms with E-state index in [1.165, 1.54) is 22.3 Å². The van der Waals surface area contributed by atoms with Gasteiger partial charge in [-0.15, -0.1) is 0 Å². The summed E-state index contributed by atoms with van der Waals surface area (Å²) in [6.07, 6.45) is 11.3. The van der Waals surface area contributed by atoms with Crippen LogP contribution in [0.3, 0.4) is 0 Å². The number of benzene rings is 5. The molecule has 0 aliphatic carbocycles. The van der Waals surface area contributed by atoms with E-state index in [2.05, 4.69) is 113 Å². The summed E-state index contributed by atoms with van der Waals surface area (Å²) in [6, 6.07) is 40.3. The Hall–Kier alpha value is -6.26. The number of pyridine rings is 4. The molecule has 0 atom stereocenters. The van der Waals surface area contributed by atoms with Gasteiger partial charge in [-0.25, -0.2) is 0 Å². The van der Waals surface area contributed by atoms with E-state index in [1.807, 2.05) is 49.1 Å². The molecule has 0 aliphatic rings. The first-order valence-electron chi connectivity index (χ1n) is 19.3. The molecule has 54 heavy (non-hydrogen) atoms. The molecule has 0 fully saturated rings. The first-order valence-corrected chi connectivity index (χ1v) is 19.3. The molecular weight excluding hydrogens is 657 g/mol. The average molecular weight is 699 g/mol. The van der Waals surface area contributed by atoms with Gasteiger partial charge in [-0.05, 0) is 155 Å². The highest BCUT2D eigenvalue weighted by atomic mass is 14.7. The third-order valence-corrected chi connectivity index (χ3v) is 11.0. The number of aromatic nitrogens is 4. The van der Waals surface area contributed by atoms with Gasteiger partial charge in [0.2, 0.25) is 0 Å². The van der Waals surface area contributed by atoms with Gasteiger partial charge in [-0.2, -0.15) is 0 Å². The molecule has 262 valence electrons. The minimum Gasteiger partial charge on any atom is -0.256 e. The van der Waals surface area contributed by atoms with Crippen molar-refractivity contribution in [2.45, 2.75) is 53.4 Å². The molecule has 0 radical (unpaired) electrons. The van der Waals surface area contributed by atoms with Crippen molar-refractivity contribution >= 4 is 43.6 Å². The van der Waals surface area contributed by atoms with Gasteiger partial charge >= 0.3 is 0 Å². The molecule has 0 bridgehead atoms. The molecule has 0 aliphatic heterocycles. The van der Waals surface area contributed by atoms with E-state index in [-0.39, 0.29) is 0 Å². The summed E-state index contributed by atoms with van der Waals surface area (Å²) < 4.78 is 0. The van der Waals surface area contributed by atoms with Crippen molar-refractivity contribution in [3.05, 3.63) is 156 Å². The van der Waals surface area contributed by atoms with Gasteiger partial charge in [-0.1, -0.05) is 52.0 Å². The number of nitrogens with zero attached hydrogens (tertiary/aromatic N) is 4. The second kappa shape index (κ2) is 13.9. The SMILES string of the molecule is CCc1cc(-c2cc(-c3cc(CC)cc4cccnc34)c(-c3cc(CC)cc4cccnc34)cc2-c2cc(CC)cc3cccnc23)c2ncccc2c1. The summed E-state index contributed by atoms with van der Waals surface area (Å²) >= 11 is 0. The maximum absolute atomic E-state index is 5.05. The van der Waals surface area contributed by atoms with E-state index in [4.69, 9.17) is 19.9 Å². The van der Waals surface area contributed by atoms with Gasteiger partial charge in [0.1, 0.15) is 0 Å². The van der Waals surface area contributed by atoms with Crippen LogP contribution in [0.2, 0.25) is 0 Å². The highest BCUT2D eigenvalue weighted by Gasteiger charge is 2.23. The Kier molecular flexibility index (Phi) is 8.67. The molecule has 0 amide bonds. The Balaban J connectivity index is 1.52. The molecule has 0 unspecified atom stereocenters. The average Bonchev–Trinajstić information content (AvgIpc) is 3.24. The molecule has 0 N–H and O–H groups in total. The van der Waals surface area contributed by atoms with Crippen LogP contribution in [0.4, 0.5) is 0 Å². The van der Waals surface area contributed by atoms with Crippen molar-refractivity contribution in [2.75, 3.05) is 0 Å². The highest BCUT2D eigenvalue weighted by molar-refractivity contribution is 6.10. The van der Waals surface area contributed by atoms with Crippen LogP contribution in [0.15, 0.2) is 134 Å². The number of hydrogen-bond acceptors (Lipinski definition) is 4. The van der Waals surface area contributed by atoms with Gasteiger partial charge in [-0.3, -0.25) is 19.9 Å². The van der Waals surface area contributed by atoms with Crippen LogP contribution in [-0.4, -0.2) is 19.9 Å². The van der Waals surface area contributed by atoms with Crippen molar-refractivity contribution < 1.29 is 0 Å². The van der Waals surface area contributed by atoms with E-state index >= 15 is 0 Å². The zero-order chi connectivity index (χ0) is 36.8. The van der Waals surface area contributed by atoms with Gasteiger partial charge < -0.3 is 0 Å². The van der Waals surface area contributed by atoms with Crippen molar-refractivity contribution in [2.24, 2.45) is 0 Å². The van der Waals surface area contributed by atoms with Crippen LogP contribution < -0.4 is 0 Å². The summed E-state index contributed by atoms with van der Waals surface area (Å²) in [5.41, 5.74) is 18.0. The molecule has 0 saturated heterocycles. The number of aryl methyl sites for hydroxylation is 4. The molecule has 4 heteroatoms. The van der Waals surface area contributed by atoms with Crippen LogP contribution >= 0.6 is 0 Å². The molecule has 4 heterocycles. The molecule has 5 aromatic carbocycles. The van der Waals surface area contributed by atoms with Crippen molar-refractivity contribution in [3.63, 3.8) is 0 Å². The molecule has 0 saturated carbocycles. The van der Waals surface area contributed by atoms with E-state index < -0.39 is 0 Å². The Bertz CT molecular complexity index is 2500. The topological polar surface area (TPSA) is 51.6 Å². The third kappa shape index (κ3) is 5.79. The Labute approximate surface area is 316 Å². The second-order valence-electron chi connectivity index (χ2n) is 14.2. The highest BCUT2D eigenvalue weighted by Crippen LogP contribution is 2.48. The normalized spacial score (nSPS) is 11.6. The summed E-state index contributed by atoms with van der Waals surface area (Å²) in [7, 11) is 0. The van der Waals surface area contributed by atoms with E-state index in [0.29, 0.717) is 0 Å². The van der Waals surface area contributed by atoms with Gasteiger partial charge in [0, 0.05) is 68.6 Å². The summed E-state index contributed by atoms with van der Waals surface area (Å²) in [5, 5.41) is 4.55. The lowest BCUT2D eigenvalue weighted by atomic mass is 9.82. The third-order valence-electron chi connectivity index (χ3n) is 11.0. The van der Waals surface area contributed by atoms with E-state index in [1.54, 1.807) is 0 Å². The minimum atomic E-state index is 0.919. The number of hydrogen-bond donors (Lipinski definition) is 0. The van der Waals surface area contributed by atoms with Gasteiger partial charge in [0.15, 0.2) is 0 Å². The number of fused-ring (bicyclic) bond motifs is 4. The van der Waals surface area contributed by atoms with Gasteiger partial charge in [0.05, 0.1) is 22.1 Å². The predicted molar refractivity (Wildman–Crippen MR) is 227 cm³/mol. The molecule has 9 rings (SSSR count). The Morgan fingerprint density at radius 2 is 0.537 bits per heavy atom. The zero-order valence-corrected chi connectivity index (χ0v) is 31.3. The Morgan fingerprint density at radius 1 is 0.296 bits per heavy atom. The van der Waals surface area contributed by atoms with E-state index in [9.17, 15) is 0 Å². The summed E-state index contributed by atoms with van der Waals surface area (Å²) in [6.45, 7) is 8.91. The van der Waals surface area contributed by atoms with E-state index in [0.717, 1.165) is 114 Å². The number of rotatable bonds is 8. The lowest BCUT2D eigenvalue weighted by molar-refractivity contribution is 1.14.